The molecule has 276 valence electrons. The molecule has 12 rings (SSSR count). The highest BCUT2D eigenvalue weighted by Gasteiger charge is 2.24. The molecule has 0 bridgehead atoms. The van der Waals surface area contributed by atoms with E-state index in [0.717, 1.165) is 72.1 Å². The molecule has 0 atom stereocenters. The number of rotatable bonds is 3. The van der Waals surface area contributed by atoms with Crippen LogP contribution in [0.4, 0.5) is 4.39 Å². The molecule has 0 fully saturated rings. The summed E-state index contributed by atoms with van der Waals surface area (Å²) in [6, 6.07) is 64.4. The number of nitrogens with zero attached hydrogens (tertiary/aromatic N) is 7. The van der Waals surface area contributed by atoms with Gasteiger partial charge in [0.1, 0.15) is 12.1 Å². The lowest BCUT2D eigenvalue weighted by molar-refractivity contribution is 0.617. The fourth-order valence-electron chi connectivity index (χ4n) is 8.75. The van der Waals surface area contributed by atoms with Crippen molar-refractivity contribution in [2.24, 2.45) is 0 Å². The van der Waals surface area contributed by atoms with Crippen LogP contribution in [0.25, 0.3) is 88.5 Å². The number of halogens is 1. The van der Waals surface area contributed by atoms with Crippen LogP contribution in [-0.2, 0) is 0 Å². The zero-order chi connectivity index (χ0) is 39.6. The minimum Gasteiger partial charge on any atom is -0.307 e. The molecule has 0 radical (unpaired) electrons. The summed E-state index contributed by atoms with van der Waals surface area (Å²) >= 11 is 0. The van der Waals surface area contributed by atoms with Gasteiger partial charge in [0, 0.05) is 21.5 Å². The van der Waals surface area contributed by atoms with E-state index in [2.05, 4.69) is 92.4 Å². The molecule has 7 nitrogen and oxygen atoms in total. The highest BCUT2D eigenvalue weighted by Crippen LogP contribution is 2.38. The van der Waals surface area contributed by atoms with E-state index in [0.29, 0.717) is 11.3 Å². The van der Waals surface area contributed by atoms with Gasteiger partial charge in [-0.25, -0.2) is 9.37 Å². The lowest BCUT2D eigenvalue weighted by Gasteiger charge is -2.16. The molecule has 0 N–H and O–H groups in total. The summed E-state index contributed by atoms with van der Waals surface area (Å²) in [5.41, 5.74) is 10.9. The predicted molar refractivity (Wildman–Crippen MR) is 234 cm³/mol. The molecular weight excluding hydrogens is 730 g/mol. The third kappa shape index (κ3) is 5.01. The Morgan fingerprint density at radius 2 is 0.814 bits per heavy atom. The second-order valence-corrected chi connectivity index (χ2v) is 14.3. The van der Waals surface area contributed by atoms with Crippen LogP contribution >= 0.6 is 0 Å². The smallest absolute Gasteiger partial charge is 0.220 e. The standard InChI is InChI=1S/C32H19N5.C19H11FN2/c33-20-21-10-9-19-30(35-25-14-4-1-11-22(25)23-12-2-5-15-26(23)35)31(21)37-29-18-8-7-17-28(29)36-27-16-6-3-13-24(27)34-32(36)37;20-19-13(12-21)6-5-11-18(19)22-16-9-3-1-7-14(16)15-8-2-4-10-17(15)22/h1-19H;1-11H. The molecule has 0 saturated carbocycles. The SMILES string of the molecule is N#Cc1cccc(-n2c3ccccc3c3ccccc32)c1-n1c2ccccc2n2c3ccccc3nc12.N#Cc1cccc(-n2c3ccccc3c3ccccc32)c1F. The fourth-order valence-corrected chi connectivity index (χ4v) is 8.75. The van der Waals surface area contributed by atoms with Gasteiger partial charge in [-0.1, -0.05) is 109 Å². The fraction of sp³-hybridized carbons (Fsp3) is 0. The first-order chi connectivity index (χ1) is 29.2. The highest BCUT2D eigenvalue weighted by molar-refractivity contribution is 6.10. The summed E-state index contributed by atoms with van der Waals surface area (Å²) in [5.74, 6) is 0.295. The van der Waals surface area contributed by atoms with E-state index in [4.69, 9.17) is 10.2 Å². The maximum atomic E-state index is 14.6. The Morgan fingerprint density at radius 1 is 0.390 bits per heavy atom. The molecule has 59 heavy (non-hydrogen) atoms. The number of nitriles is 2. The Hall–Kier alpha value is -8.46. The zero-order valence-corrected chi connectivity index (χ0v) is 31.3. The first kappa shape index (κ1) is 33.8. The first-order valence-corrected chi connectivity index (χ1v) is 19.2. The van der Waals surface area contributed by atoms with Crippen LogP contribution in [-0.4, -0.2) is 23.1 Å². The third-order valence-corrected chi connectivity index (χ3v) is 11.2. The van der Waals surface area contributed by atoms with Gasteiger partial charge in [0.2, 0.25) is 5.78 Å². The van der Waals surface area contributed by atoms with Crippen LogP contribution < -0.4 is 0 Å². The van der Waals surface area contributed by atoms with Gasteiger partial charge in [-0.3, -0.25) is 8.97 Å². The van der Waals surface area contributed by atoms with Crippen molar-refractivity contribution < 1.29 is 4.39 Å². The van der Waals surface area contributed by atoms with E-state index in [1.54, 1.807) is 12.1 Å². The van der Waals surface area contributed by atoms with Crippen molar-refractivity contribution in [3.05, 3.63) is 199 Å². The molecule has 4 heterocycles. The van der Waals surface area contributed by atoms with E-state index in [1.165, 1.54) is 16.8 Å². The largest absolute Gasteiger partial charge is 0.307 e. The quantitative estimate of drug-likeness (QED) is 0.180. The second kappa shape index (κ2) is 13.3. The molecular formula is C51H30FN7. The van der Waals surface area contributed by atoms with Gasteiger partial charge in [-0.2, -0.15) is 10.5 Å². The molecule has 8 aromatic carbocycles. The summed E-state index contributed by atoms with van der Waals surface area (Å²) in [5, 5.41) is 23.9. The van der Waals surface area contributed by atoms with Gasteiger partial charge in [0.15, 0.2) is 5.82 Å². The van der Waals surface area contributed by atoms with Gasteiger partial charge in [-0.05, 0) is 72.8 Å². The summed E-state index contributed by atoms with van der Waals surface area (Å²) in [4.78, 5) is 5.06. The summed E-state index contributed by atoms with van der Waals surface area (Å²) in [7, 11) is 0. The van der Waals surface area contributed by atoms with Crippen LogP contribution in [0.1, 0.15) is 11.1 Å². The van der Waals surface area contributed by atoms with E-state index in [-0.39, 0.29) is 5.56 Å². The number of hydrogen-bond acceptors (Lipinski definition) is 3. The molecule has 8 heteroatoms. The molecule has 0 spiro atoms. The van der Waals surface area contributed by atoms with Crippen LogP contribution in [0.2, 0.25) is 0 Å². The van der Waals surface area contributed by atoms with E-state index in [9.17, 15) is 9.65 Å². The molecule has 0 aliphatic carbocycles. The predicted octanol–water partition coefficient (Wildman–Crippen LogP) is 12.2. The average Bonchev–Trinajstić information content (AvgIpc) is 4.02. The van der Waals surface area contributed by atoms with Gasteiger partial charge >= 0.3 is 0 Å². The number of imidazole rings is 2. The molecule has 0 saturated heterocycles. The number of aromatic nitrogens is 5. The van der Waals surface area contributed by atoms with Crippen molar-refractivity contribution >= 4 is 71.5 Å². The van der Waals surface area contributed by atoms with Crippen molar-refractivity contribution in [1.82, 2.24) is 23.1 Å². The van der Waals surface area contributed by atoms with Crippen molar-refractivity contribution in [3.63, 3.8) is 0 Å². The Balaban J connectivity index is 0.000000154. The Labute approximate surface area is 336 Å². The summed E-state index contributed by atoms with van der Waals surface area (Å²) in [6.45, 7) is 0. The van der Waals surface area contributed by atoms with E-state index < -0.39 is 5.82 Å². The number of fused-ring (bicyclic) bond motifs is 11. The topological polar surface area (TPSA) is 79.7 Å². The minimum atomic E-state index is -0.489. The summed E-state index contributed by atoms with van der Waals surface area (Å²) in [6.07, 6.45) is 0. The molecule has 4 aromatic heterocycles. The number of benzene rings is 8. The van der Waals surface area contributed by atoms with Gasteiger partial charge in [0.05, 0.1) is 72.3 Å². The Bertz CT molecular complexity index is 3630. The highest BCUT2D eigenvalue weighted by atomic mass is 19.1. The van der Waals surface area contributed by atoms with Crippen LogP contribution in [0.15, 0.2) is 182 Å². The monoisotopic (exact) mass is 759 g/mol. The summed E-state index contributed by atoms with van der Waals surface area (Å²) < 4.78 is 23.1. The van der Waals surface area contributed by atoms with Crippen molar-refractivity contribution in [3.8, 4) is 29.2 Å². The first-order valence-electron chi connectivity index (χ1n) is 19.2. The second-order valence-electron chi connectivity index (χ2n) is 14.3. The molecule has 0 amide bonds. The number of para-hydroxylation sites is 9. The normalized spacial score (nSPS) is 11.4. The van der Waals surface area contributed by atoms with Gasteiger partial charge in [-0.15, -0.1) is 0 Å². The maximum absolute atomic E-state index is 14.6. The molecule has 12 aromatic rings. The van der Waals surface area contributed by atoms with Crippen LogP contribution in [0, 0.1) is 28.5 Å². The van der Waals surface area contributed by atoms with Crippen LogP contribution in [0.5, 0.6) is 0 Å². The van der Waals surface area contributed by atoms with Gasteiger partial charge < -0.3 is 9.13 Å². The zero-order valence-electron chi connectivity index (χ0n) is 31.3. The third-order valence-electron chi connectivity index (χ3n) is 11.2. The van der Waals surface area contributed by atoms with Gasteiger partial charge in [0.25, 0.3) is 0 Å². The van der Waals surface area contributed by atoms with Crippen molar-refractivity contribution in [2.45, 2.75) is 0 Å². The van der Waals surface area contributed by atoms with E-state index >= 15 is 0 Å². The van der Waals surface area contributed by atoms with Crippen molar-refractivity contribution in [1.29, 1.82) is 10.5 Å². The Kier molecular flexibility index (Phi) is 7.65. The van der Waals surface area contributed by atoms with Crippen LogP contribution in [0.3, 0.4) is 0 Å². The molecule has 0 unspecified atom stereocenters. The lowest BCUT2D eigenvalue weighted by atomic mass is 10.1. The molecule has 0 aliphatic rings. The van der Waals surface area contributed by atoms with E-state index in [1.807, 2.05) is 102 Å². The average molecular weight is 760 g/mol. The molecule has 0 aliphatic heterocycles. The van der Waals surface area contributed by atoms with Crippen molar-refractivity contribution in [2.75, 3.05) is 0 Å². The number of hydrogen-bond donors (Lipinski definition) is 0. The lowest BCUT2D eigenvalue weighted by Crippen LogP contribution is -2.06. The Morgan fingerprint density at radius 3 is 1.36 bits per heavy atom. The minimum absolute atomic E-state index is 0.0550. The maximum Gasteiger partial charge on any atom is 0.220 e.